The lowest BCUT2D eigenvalue weighted by atomic mass is 9.96. The molecule has 0 bridgehead atoms. The summed E-state index contributed by atoms with van der Waals surface area (Å²) in [6, 6.07) is 11.7. The predicted molar refractivity (Wildman–Crippen MR) is 131 cm³/mol. The molecule has 0 spiro atoms. The molecule has 9 heteroatoms. The van der Waals surface area contributed by atoms with Crippen molar-refractivity contribution >= 4 is 29.3 Å². The zero-order valence-electron chi connectivity index (χ0n) is 20.3. The number of benzene rings is 2. The lowest BCUT2D eigenvalue weighted by Crippen LogP contribution is -2.58. The van der Waals surface area contributed by atoms with E-state index in [9.17, 15) is 24.3 Å². The molecule has 4 amide bonds. The lowest BCUT2D eigenvalue weighted by Gasteiger charge is -2.31. The number of hydrogen-bond acceptors (Lipinski definition) is 5. The first-order valence-electron chi connectivity index (χ1n) is 11.7. The van der Waals surface area contributed by atoms with Crippen LogP contribution in [0.2, 0.25) is 0 Å². The number of para-hydroxylation sites is 1. The minimum Gasteiger partial charge on any atom is -0.386 e. The molecule has 186 valence electrons. The van der Waals surface area contributed by atoms with Crippen LogP contribution >= 0.6 is 0 Å². The highest BCUT2D eigenvalue weighted by Gasteiger charge is 2.37. The summed E-state index contributed by atoms with van der Waals surface area (Å²) in [7, 11) is 1.48. The third-order valence-corrected chi connectivity index (χ3v) is 6.40. The Morgan fingerprint density at radius 3 is 2.14 bits per heavy atom. The van der Waals surface area contributed by atoms with Crippen LogP contribution in [0.15, 0.2) is 54.6 Å². The Morgan fingerprint density at radius 1 is 0.886 bits per heavy atom. The smallest absolute Gasteiger partial charge is 0.254 e. The van der Waals surface area contributed by atoms with E-state index in [-0.39, 0.29) is 17.2 Å². The molecule has 35 heavy (non-hydrogen) atoms. The maximum atomic E-state index is 13.7. The number of nitrogens with one attached hydrogen (secondary N) is 3. The van der Waals surface area contributed by atoms with Crippen LogP contribution in [-0.2, 0) is 14.4 Å². The van der Waals surface area contributed by atoms with E-state index in [0.29, 0.717) is 12.0 Å². The molecule has 0 radical (unpaired) electrons. The molecule has 1 unspecified atom stereocenters. The van der Waals surface area contributed by atoms with Gasteiger partial charge in [-0.2, -0.15) is 0 Å². The number of hydrogen-bond donors (Lipinski definition) is 4. The van der Waals surface area contributed by atoms with Crippen LogP contribution in [0, 0.1) is 5.92 Å². The summed E-state index contributed by atoms with van der Waals surface area (Å²) in [4.78, 5) is 54.2. The van der Waals surface area contributed by atoms with Gasteiger partial charge in [0.2, 0.25) is 11.8 Å². The fourth-order valence-electron chi connectivity index (χ4n) is 3.97. The van der Waals surface area contributed by atoms with Crippen LogP contribution < -0.4 is 20.9 Å². The van der Waals surface area contributed by atoms with Gasteiger partial charge in [-0.05, 0) is 30.5 Å². The molecule has 2 aromatic carbocycles. The molecule has 3 rings (SSSR count). The van der Waals surface area contributed by atoms with E-state index < -0.39 is 47.9 Å². The second-order valence-electron chi connectivity index (χ2n) is 8.82. The summed E-state index contributed by atoms with van der Waals surface area (Å²) in [5.74, 6) is -2.56. The van der Waals surface area contributed by atoms with Crippen molar-refractivity contribution in [2.75, 3.05) is 11.9 Å². The number of carbonyl (C=O) groups excluding carboxylic acids is 4. The van der Waals surface area contributed by atoms with Gasteiger partial charge in [-0.1, -0.05) is 62.7 Å². The van der Waals surface area contributed by atoms with Crippen molar-refractivity contribution in [1.29, 1.82) is 0 Å². The van der Waals surface area contributed by atoms with Gasteiger partial charge in [0.25, 0.3) is 11.8 Å². The number of likely N-dealkylation sites (N-methyl/N-ethyl adjacent to an activating group) is 1. The Hall–Kier alpha value is -3.72. The van der Waals surface area contributed by atoms with E-state index in [2.05, 4.69) is 16.0 Å². The van der Waals surface area contributed by atoms with Gasteiger partial charge in [-0.25, -0.2) is 0 Å². The first kappa shape index (κ1) is 25.9. The number of aliphatic hydroxyl groups is 1. The standard InChI is InChI=1S/C26H32N4O5/c1-5-15(2)20-25(34)29-21(22(31)17-11-7-6-8-12-17)26(35)30(4)19-14-10-9-13-18(19)24(33)27-16(3)23(32)28-20/h6-16,20-22,31H,5H2,1-4H3,(H,27,33)(H,28,32)(H,29,34)/t15-,16-,20-,21-,22?/m0/s1. The maximum Gasteiger partial charge on any atom is 0.254 e. The van der Waals surface area contributed by atoms with Gasteiger partial charge in [-0.3, -0.25) is 19.2 Å². The molecule has 0 saturated carbocycles. The molecule has 0 aliphatic carbocycles. The first-order valence-corrected chi connectivity index (χ1v) is 11.7. The molecule has 0 aromatic heterocycles. The maximum absolute atomic E-state index is 13.7. The largest absolute Gasteiger partial charge is 0.386 e. The number of carbonyl (C=O) groups is 4. The van der Waals surface area contributed by atoms with Gasteiger partial charge in [0, 0.05) is 7.05 Å². The number of amides is 4. The third kappa shape index (κ3) is 5.68. The molecular weight excluding hydrogens is 448 g/mol. The molecule has 0 fully saturated rings. The Balaban J connectivity index is 2.12. The number of aliphatic hydroxyl groups excluding tert-OH is 1. The second-order valence-corrected chi connectivity index (χ2v) is 8.82. The van der Waals surface area contributed by atoms with Gasteiger partial charge in [0.1, 0.15) is 24.2 Å². The SMILES string of the molecule is CC[C@H](C)[C@@H]1NC(=O)[C@H](C)NC(=O)c2ccccc2N(C)C(=O)[C@H](C(O)c2ccccc2)NC1=O. The van der Waals surface area contributed by atoms with Crippen molar-refractivity contribution in [3.05, 3.63) is 65.7 Å². The highest BCUT2D eigenvalue weighted by Crippen LogP contribution is 2.25. The van der Waals surface area contributed by atoms with Crippen molar-refractivity contribution in [3.63, 3.8) is 0 Å². The van der Waals surface area contributed by atoms with Crippen LogP contribution in [0.25, 0.3) is 0 Å². The summed E-state index contributed by atoms with van der Waals surface area (Å²) in [5, 5.41) is 19.2. The minimum atomic E-state index is -1.37. The van der Waals surface area contributed by atoms with Crippen LogP contribution in [0.1, 0.15) is 49.2 Å². The molecule has 1 aliphatic heterocycles. The number of fused-ring (bicyclic) bond motifs is 1. The Morgan fingerprint density at radius 2 is 1.49 bits per heavy atom. The van der Waals surface area contributed by atoms with Crippen molar-refractivity contribution in [2.45, 2.75) is 51.4 Å². The van der Waals surface area contributed by atoms with E-state index in [4.69, 9.17) is 0 Å². The fourth-order valence-corrected chi connectivity index (χ4v) is 3.97. The van der Waals surface area contributed by atoms with Crippen molar-refractivity contribution in [1.82, 2.24) is 16.0 Å². The fraction of sp³-hybridized carbons (Fsp3) is 0.385. The molecular formula is C26H32N4O5. The predicted octanol–water partition coefficient (Wildman–Crippen LogP) is 1.53. The van der Waals surface area contributed by atoms with Gasteiger partial charge < -0.3 is 26.0 Å². The molecule has 5 atom stereocenters. The summed E-state index contributed by atoms with van der Waals surface area (Å²) >= 11 is 0. The third-order valence-electron chi connectivity index (χ3n) is 6.40. The van der Waals surface area contributed by atoms with Crippen LogP contribution in [0.4, 0.5) is 5.69 Å². The normalized spacial score (nSPS) is 23.5. The lowest BCUT2D eigenvalue weighted by molar-refractivity contribution is -0.134. The Kier molecular flexibility index (Phi) is 8.24. The van der Waals surface area contributed by atoms with Crippen LogP contribution in [-0.4, -0.2) is 53.9 Å². The Bertz CT molecular complexity index is 1090. The van der Waals surface area contributed by atoms with E-state index >= 15 is 0 Å². The first-order chi connectivity index (χ1) is 16.6. The van der Waals surface area contributed by atoms with Crippen molar-refractivity contribution < 1.29 is 24.3 Å². The van der Waals surface area contributed by atoms with Crippen molar-refractivity contribution in [3.8, 4) is 0 Å². The number of nitrogens with zero attached hydrogens (tertiary/aromatic N) is 1. The average molecular weight is 481 g/mol. The molecule has 9 nitrogen and oxygen atoms in total. The van der Waals surface area contributed by atoms with Crippen molar-refractivity contribution in [2.24, 2.45) is 5.92 Å². The van der Waals surface area contributed by atoms with Gasteiger partial charge in [0.15, 0.2) is 0 Å². The monoisotopic (exact) mass is 480 g/mol. The summed E-state index contributed by atoms with van der Waals surface area (Å²) in [6.07, 6.45) is -0.793. The summed E-state index contributed by atoms with van der Waals surface area (Å²) in [6.45, 7) is 5.21. The highest BCUT2D eigenvalue weighted by molar-refractivity contribution is 6.08. The Labute approximate surface area is 204 Å². The zero-order valence-corrected chi connectivity index (χ0v) is 20.3. The molecule has 1 heterocycles. The van der Waals surface area contributed by atoms with E-state index in [1.165, 1.54) is 18.9 Å². The zero-order chi connectivity index (χ0) is 25.7. The van der Waals surface area contributed by atoms with Gasteiger partial charge >= 0.3 is 0 Å². The average Bonchev–Trinajstić information content (AvgIpc) is 2.88. The van der Waals surface area contributed by atoms with Gasteiger partial charge in [0.05, 0.1) is 11.3 Å². The highest BCUT2D eigenvalue weighted by atomic mass is 16.3. The summed E-state index contributed by atoms with van der Waals surface area (Å²) in [5.41, 5.74) is 0.896. The number of rotatable bonds is 4. The van der Waals surface area contributed by atoms with Crippen LogP contribution in [0.3, 0.4) is 0 Å². The van der Waals surface area contributed by atoms with E-state index in [0.717, 1.165) is 0 Å². The van der Waals surface area contributed by atoms with E-state index in [1.807, 2.05) is 6.92 Å². The topological polar surface area (TPSA) is 128 Å². The second kappa shape index (κ2) is 11.1. The quantitative estimate of drug-likeness (QED) is 0.528. The van der Waals surface area contributed by atoms with E-state index in [1.54, 1.807) is 61.5 Å². The number of anilines is 1. The molecule has 1 aliphatic rings. The summed E-state index contributed by atoms with van der Waals surface area (Å²) < 4.78 is 0. The molecule has 4 N–H and O–H groups in total. The molecule has 0 saturated heterocycles. The molecule has 2 aromatic rings. The van der Waals surface area contributed by atoms with Crippen LogP contribution in [0.5, 0.6) is 0 Å². The van der Waals surface area contributed by atoms with Gasteiger partial charge in [-0.15, -0.1) is 0 Å². The minimum absolute atomic E-state index is 0.181.